The minimum Gasteiger partial charge on any atom is -0.379 e. The third kappa shape index (κ3) is 4.09. The van der Waals surface area contributed by atoms with Crippen molar-refractivity contribution in [3.8, 4) is 0 Å². The first-order valence-corrected chi connectivity index (χ1v) is 7.21. The molecular formula is C15H22F3NO2. The summed E-state index contributed by atoms with van der Waals surface area (Å²) in [4.78, 5) is 12.2. The van der Waals surface area contributed by atoms with E-state index in [0.717, 1.165) is 12.3 Å². The lowest BCUT2D eigenvalue weighted by Gasteiger charge is -2.18. The van der Waals surface area contributed by atoms with Crippen molar-refractivity contribution < 1.29 is 17.9 Å². The maximum Gasteiger partial charge on any atom is 0.417 e. The zero-order valence-corrected chi connectivity index (χ0v) is 12.8. The van der Waals surface area contributed by atoms with Gasteiger partial charge < -0.3 is 9.30 Å². The number of pyridine rings is 1. The van der Waals surface area contributed by atoms with E-state index in [1.165, 1.54) is 4.57 Å². The van der Waals surface area contributed by atoms with Crippen LogP contribution in [0.25, 0.3) is 0 Å². The number of hydrogen-bond donors (Lipinski definition) is 0. The molecule has 0 spiro atoms. The quantitative estimate of drug-likeness (QED) is 0.827. The van der Waals surface area contributed by atoms with Crippen LogP contribution in [0.3, 0.4) is 0 Å². The van der Waals surface area contributed by atoms with Crippen LogP contribution in [0.1, 0.15) is 57.2 Å². The van der Waals surface area contributed by atoms with E-state index in [0.29, 0.717) is 19.6 Å². The number of ether oxygens (including phenoxy) is 1. The molecule has 0 saturated carbocycles. The molecule has 2 rings (SSSR count). The van der Waals surface area contributed by atoms with Crippen molar-refractivity contribution in [1.29, 1.82) is 0 Å². The monoisotopic (exact) mass is 305 g/mol. The Hall–Kier alpha value is -1.30. The Balaban J connectivity index is 0.00000106. The van der Waals surface area contributed by atoms with Crippen molar-refractivity contribution in [3.63, 3.8) is 0 Å². The number of rotatable bonds is 2. The standard InChI is InChI=1S/C13H16F3NO2.C2H6/c1-8(2)11-5-9(13(14,15)16)6-17(12(11)18)10-3-4-19-7-10;1-2/h5-6,8,10H,3-4,7H2,1-2H3;1-2H3. The van der Waals surface area contributed by atoms with E-state index in [2.05, 4.69) is 0 Å². The van der Waals surface area contributed by atoms with E-state index in [4.69, 9.17) is 4.74 Å². The molecule has 1 aliphatic heterocycles. The van der Waals surface area contributed by atoms with Gasteiger partial charge in [-0.3, -0.25) is 4.79 Å². The fourth-order valence-electron chi connectivity index (χ4n) is 2.21. The molecule has 1 aromatic rings. The normalized spacial score (nSPS) is 18.6. The first kappa shape index (κ1) is 17.8. The van der Waals surface area contributed by atoms with Gasteiger partial charge in [0.1, 0.15) is 0 Å². The molecule has 0 radical (unpaired) electrons. The summed E-state index contributed by atoms with van der Waals surface area (Å²) >= 11 is 0. The first-order valence-electron chi connectivity index (χ1n) is 7.21. The molecule has 0 aromatic carbocycles. The smallest absolute Gasteiger partial charge is 0.379 e. The summed E-state index contributed by atoms with van der Waals surface area (Å²) in [6.07, 6.45) is -2.97. The van der Waals surface area contributed by atoms with Crippen LogP contribution in [0.15, 0.2) is 17.1 Å². The fraction of sp³-hybridized carbons (Fsp3) is 0.667. The molecule has 2 heterocycles. The minimum atomic E-state index is -4.45. The second-order valence-electron chi connectivity index (χ2n) is 5.07. The van der Waals surface area contributed by atoms with Gasteiger partial charge in [0.25, 0.3) is 5.56 Å². The van der Waals surface area contributed by atoms with Gasteiger partial charge >= 0.3 is 6.18 Å². The van der Waals surface area contributed by atoms with Gasteiger partial charge in [-0.15, -0.1) is 0 Å². The summed E-state index contributed by atoms with van der Waals surface area (Å²) in [7, 11) is 0. The lowest BCUT2D eigenvalue weighted by Crippen LogP contribution is -2.30. The van der Waals surface area contributed by atoms with Crippen LogP contribution >= 0.6 is 0 Å². The molecule has 0 bridgehead atoms. The molecule has 1 atom stereocenters. The number of nitrogens with zero attached hydrogens (tertiary/aromatic N) is 1. The van der Waals surface area contributed by atoms with Crippen molar-refractivity contribution in [3.05, 3.63) is 33.7 Å². The maximum absolute atomic E-state index is 12.9. The molecule has 0 aliphatic carbocycles. The Morgan fingerprint density at radius 2 is 1.95 bits per heavy atom. The van der Waals surface area contributed by atoms with E-state index in [9.17, 15) is 18.0 Å². The van der Waals surface area contributed by atoms with Crippen LogP contribution in [-0.2, 0) is 10.9 Å². The van der Waals surface area contributed by atoms with Gasteiger partial charge in [-0.25, -0.2) is 0 Å². The summed E-state index contributed by atoms with van der Waals surface area (Å²) < 4.78 is 45.0. The highest BCUT2D eigenvalue weighted by atomic mass is 19.4. The van der Waals surface area contributed by atoms with Crippen LogP contribution in [0.2, 0.25) is 0 Å². The molecule has 21 heavy (non-hydrogen) atoms. The highest BCUT2D eigenvalue weighted by molar-refractivity contribution is 5.24. The molecule has 1 aromatic heterocycles. The van der Waals surface area contributed by atoms with Crippen molar-refractivity contribution in [2.75, 3.05) is 13.2 Å². The maximum atomic E-state index is 12.9. The summed E-state index contributed by atoms with van der Waals surface area (Å²) in [5.74, 6) is -0.247. The summed E-state index contributed by atoms with van der Waals surface area (Å²) in [6.45, 7) is 8.20. The number of alkyl halides is 3. The second-order valence-corrected chi connectivity index (χ2v) is 5.07. The molecule has 1 unspecified atom stereocenters. The average Bonchev–Trinajstić information content (AvgIpc) is 2.93. The Morgan fingerprint density at radius 3 is 2.38 bits per heavy atom. The fourth-order valence-corrected chi connectivity index (χ4v) is 2.21. The van der Waals surface area contributed by atoms with E-state index < -0.39 is 11.7 Å². The van der Waals surface area contributed by atoms with Gasteiger partial charge in [-0.1, -0.05) is 27.7 Å². The van der Waals surface area contributed by atoms with E-state index in [-0.39, 0.29) is 23.1 Å². The van der Waals surface area contributed by atoms with Crippen LogP contribution in [0.4, 0.5) is 13.2 Å². The highest BCUT2D eigenvalue weighted by Crippen LogP contribution is 2.31. The zero-order valence-electron chi connectivity index (χ0n) is 12.8. The second kappa shape index (κ2) is 7.11. The van der Waals surface area contributed by atoms with Gasteiger partial charge in [-0.05, 0) is 18.4 Å². The Morgan fingerprint density at radius 1 is 1.33 bits per heavy atom. The average molecular weight is 305 g/mol. The molecule has 120 valence electrons. The summed E-state index contributed by atoms with van der Waals surface area (Å²) in [5.41, 5.74) is -0.928. The third-order valence-corrected chi connectivity index (χ3v) is 3.32. The molecule has 1 fully saturated rings. The molecular weight excluding hydrogens is 283 g/mol. The number of halogens is 3. The largest absolute Gasteiger partial charge is 0.417 e. The van der Waals surface area contributed by atoms with Gasteiger partial charge in [-0.2, -0.15) is 13.2 Å². The molecule has 3 nitrogen and oxygen atoms in total. The van der Waals surface area contributed by atoms with Gasteiger partial charge in [0.05, 0.1) is 18.2 Å². The Kier molecular flexibility index (Phi) is 6.01. The van der Waals surface area contributed by atoms with Crippen molar-refractivity contribution in [2.45, 2.75) is 52.3 Å². The third-order valence-electron chi connectivity index (χ3n) is 3.32. The van der Waals surface area contributed by atoms with Crippen LogP contribution in [0, 0.1) is 0 Å². The zero-order chi connectivity index (χ0) is 16.2. The number of hydrogen-bond acceptors (Lipinski definition) is 2. The lowest BCUT2D eigenvalue weighted by molar-refractivity contribution is -0.138. The SMILES string of the molecule is CC.CC(C)c1cc(C(F)(F)F)cn(C2CCOC2)c1=O. The van der Waals surface area contributed by atoms with Crippen molar-refractivity contribution >= 4 is 0 Å². The molecule has 1 saturated heterocycles. The Bertz CT molecular complexity index is 515. The van der Waals surface area contributed by atoms with Crippen molar-refractivity contribution in [2.24, 2.45) is 0 Å². The van der Waals surface area contributed by atoms with Gasteiger partial charge in [0.2, 0.25) is 0 Å². The summed E-state index contributed by atoms with van der Waals surface area (Å²) in [6, 6.07) is 0.659. The Labute approximate surface area is 122 Å². The molecule has 0 amide bonds. The summed E-state index contributed by atoms with van der Waals surface area (Å²) in [5, 5.41) is 0. The van der Waals surface area contributed by atoms with Crippen molar-refractivity contribution in [1.82, 2.24) is 4.57 Å². The van der Waals surface area contributed by atoms with Gasteiger partial charge in [0.15, 0.2) is 0 Å². The first-order chi connectivity index (χ1) is 9.80. The van der Waals surface area contributed by atoms with E-state index in [1.807, 2.05) is 13.8 Å². The van der Waals surface area contributed by atoms with Crippen LogP contribution < -0.4 is 5.56 Å². The lowest BCUT2D eigenvalue weighted by atomic mass is 10.0. The van der Waals surface area contributed by atoms with Crippen LogP contribution in [-0.4, -0.2) is 17.8 Å². The predicted octanol–water partition coefficient (Wildman–Crippen LogP) is 3.98. The van der Waals surface area contributed by atoms with Gasteiger partial charge in [0, 0.05) is 18.4 Å². The molecule has 1 aliphatic rings. The number of aromatic nitrogens is 1. The van der Waals surface area contributed by atoms with E-state index >= 15 is 0 Å². The predicted molar refractivity (Wildman–Crippen MR) is 75.6 cm³/mol. The molecule has 6 heteroatoms. The van der Waals surface area contributed by atoms with E-state index in [1.54, 1.807) is 13.8 Å². The molecule has 0 N–H and O–H groups in total. The highest BCUT2D eigenvalue weighted by Gasteiger charge is 2.33. The van der Waals surface area contributed by atoms with Crippen LogP contribution in [0.5, 0.6) is 0 Å². The topological polar surface area (TPSA) is 31.2 Å². The minimum absolute atomic E-state index is 0.196.